The molecule has 3 aromatic heterocycles. The lowest BCUT2D eigenvalue weighted by Gasteiger charge is -2.02. The van der Waals surface area contributed by atoms with Gasteiger partial charge in [0.25, 0.3) is 5.56 Å². The molecule has 0 unspecified atom stereocenters. The highest BCUT2D eigenvalue weighted by molar-refractivity contribution is 5.85. The Labute approximate surface area is 142 Å². The Hall–Kier alpha value is -2.32. The fraction of sp³-hybridized carbons (Fsp3) is 0.400. The van der Waals surface area contributed by atoms with Crippen molar-refractivity contribution in [2.75, 3.05) is 13.1 Å². The fourth-order valence-electron chi connectivity index (χ4n) is 3.53. The van der Waals surface area contributed by atoms with Gasteiger partial charge in [0.05, 0.1) is 5.39 Å². The largest absolute Gasteiger partial charge is 0.337 e. The Balaban J connectivity index is 0.00000146. The molecular weight excluding hydrogens is 332 g/mol. The molecule has 1 aliphatic heterocycles. The number of fused-ring (bicyclic) bond motifs is 2. The van der Waals surface area contributed by atoms with E-state index in [1.165, 1.54) is 10.9 Å². The molecule has 0 amide bonds. The molecule has 124 valence electrons. The van der Waals surface area contributed by atoms with Crippen molar-refractivity contribution in [3.8, 4) is 0 Å². The number of hydrogen-bond donors (Lipinski definition) is 1. The van der Waals surface area contributed by atoms with Gasteiger partial charge in [-0.2, -0.15) is 4.98 Å². The molecule has 0 spiro atoms. The third-order valence-electron chi connectivity index (χ3n) is 4.78. The highest BCUT2D eigenvalue weighted by atomic mass is 35.5. The summed E-state index contributed by atoms with van der Waals surface area (Å²) in [7, 11) is 0. The van der Waals surface area contributed by atoms with Gasteiger partial charge in [0.2, 0.25) is 5.89 Å². The number of pyridine rings is 1. The number of aromatic nitrogens is 5. The second-order valence-corrected chi connectivity index (χ2v) is 6.11. The molecule has 3 aromatic rings. The van der Waals surface area contributed by atoms with Crippen LogP contribution in [0.5, 0.6) is 0 Å². The van der Waals surface area contributed by atoms with Gasteiger partial charge in [-0.15, -0.1) is 12.4 Å². The van der Waals surface area contributed by atoms with E-state index >= 15 is 0 Å². The minimum Gasteiger partial charge on any atom is -0.337 e. The number of nitrogens with one attached hydrogen (secondary N) is 1. The van der Waals surface area contributed by atoms with E-state index < -0.39 is 0 Å². The monoisotopic (exact) mass is 346 g/mol. The van der Waals surface area contributed by atoms with Gasteiger partial charge in [-0.25, -0.2) is 9.97 Å². The van der Waals surface area contributed by atoms with Crippen molar-refractivity contribution >= 4 is 23.4 Å². The van der Waals surface area contributed by atoms with Crippen molar-refractivity contribution in [1.82, 2.24) is 30.0 Å². The van der Waals surface area contributed by atoms with Crippen LogP contribution in [-0.2, 0) is 6.54 Å². The number of nitrogens with zero attached hydrogens (tertiary/aromatic N) is 5. The molecule has 5 rings (SSSR count). The Morgan fingerprint density at radius 1 is 1.29 bits per heavy atom. The molecular formula is C15H15ClN6O2. The molecule has 2 fully saturated rings. The molecule has 0 radical (unpaired) electrons. The highest BCUT2D eigenvalue weighted by Crippen LogP contribution is 2.54. The summed E-state index contributed by atoms with van der Waals surface area (Å²) in [6.07, 6.45) is 3.09. The lowest BCUT2D eigenvalue weighted by molar-refractivity contribution is 0.363. The van der Waals surface area contributed by atoms with Gasteiger partial charge >= 0.3 is 0 Å². The van der Waals surface area contributed by atoms with Crippen molar-refractivity contribution in [3.05, 3.63) is 46.7 Å². The molecule has 9 heteroatoms. The Morgan fingerprint density at radius 2 is 2.12 bits per heavy atom. The van der Waals surface area contributed by atoms with E-state index in [-0.39, 0.29) is 24.5 Å². The smallest absolute Gasteiger partial charge is 0.263 e. The molecule has 1 aliphatic carbocycles. The number of hydrogen-bond acceptors (Lipinski definition) is 7. The summed E-state index contributed by atoms with van der Waals surface area (Å²) in [6.45, 7) is 2.28. The summed E-state index contributed by atoms with van der Waals surface area (Å²) in [6, 6.07) is 3.44. The van der Waals surface area contributed by atoms with Gasteiger partial charge in [-0.1, -0.05) is 5.16 Å². The first-order chi connectivity index (χ1) is 11.3. The van der Waals surface area contributed by atoms with Gasteiger partial charge in [-0.3, -0.25) is 9.36 Å². The normalized spacial score (nSPS) is 24.6. The zero-order valence-corrected chi connectivity index (χ0v) is 13.4. The van der Waals surface area contributed by atoms with Crippen molar-refractivity contribution in [3.63, 3.8) is 0 Å². The van der Waals surface area contributed by atoms with Crippen molar-refractivity contribution < 1.29 is 4.52 Å². The van der Waals surface area contributed by atoms with Crippen LogP contribution in [0.4, 0.5) is 0 Å². The minimum absolute atomic E-state index is 0. The lowest BCUT2D eigenvalue weighted by Crippen LogP contribution is -2.21. The van der Waals surface area contributed by atoms with Crippen LogP contribution in [0.3, 0.4) is 0 Å². The molecule has 1 saturated carbocycles. The molecule has 24 heavy (non-hydrogen) atoms. The first-order valence-corrected chi connectivity index (χ1v) is 7.64. The summed E-state index contributed by atoms with van der Waals surface area (Å²) in [5.74, 6) is 2.88. The van der Waals surface area contributed by atoms with E-state index in [0.29, 0.717) is 34.7 Å². The Kier molecular flexibility index (Phi) is 3.58. The van der Waals surface area contributed by atoms with Crippen LogP contribution in [0.1, 0.15) is 17.6 Å². The zero-order valence-electron chi connectivity index (χ0n) is 12.6. The van der Waals surface area contributed by atoms with Gasteiger partial charge in [-0.05, 0) is 37.1 Å². The quantitative estimate of drug-likeness (QED) is 0.740. The summed E-state index contributed by atoms with van der Waals surface area (Å²) >= 11 is 0. The second kappa shape index (κ2) is 5.64. The van der Waals surface area contributed by atoms with Crippen molar-refractivity contribution in [2.45, 2.75) is 12.5 Å². The average Bonchev–Trinajstić information content (AvgIpc) is 2.96. The summed E-state index contributed by atoms with van der Waals surface area (Å²) in [4.78, 5) is 25.2. The third-order valence-corrected chi connectivity index (χ3v) is 4.78. The SMILES string of the molecule is Cl.O=c1c2cccnc2ncn1Cc1nc([C@H]2[C@@H]3CNC[C@@H]32)no1. The van der Waals surface area contributed by atoms with Crippen LogP contribution in [0.25, 0.3) is 11.0 Å². The van der Waals surface area contributed by atoms with E-state index in [1.54, 1.807) is 18.3 Å². The predicted octanol–water partition coefficient (Wildman–Crippen LogP) is 0.577. The number of piperidine rings is 1. The molecule has 0 bridgehead atoms. The standard InChI is InChI=1S/C15H14N6O2.ClH/c22-15-8-2-1-3-17-13(8)18-7-21(15)6-11-19-14(20-23-11)12-9-4-16-5-10(9)12;/h1-3,7,9-10,12,16H,4-6H2;1H/t9-,10+,12+;. The topological polar surface area (TPSA) is 98.7 Å². The minimum atomic E-state index is -0.157. The van der Waals surface area contributed by atoms with E-state index in [0.717, 1.165) is 18.9 Å². The first-order valence-electron chi connectivity index (χ1n) is 7.64. The van der Waals surface area contributed by atoms with E-state index in [1.807, 2.05) is 0 Å². The fourth-order valence-corrected chi connectivity index (χ4v) is 3.53. The van der Waals surface area contributed by atoms with Crippen LogP contribution in [0.15, 0.2) is 34.0 Å². The molecule has 1 N–H and O–H groups in total. The van der Waals surface area contributed by atoms with E-state index in [4.69, 9.17) is 4.52 Å². The molecule has 1 saturated heterocycles. The van der Waals surface area contributed by atoms with Gasteiger partial charge in [0.1, 0.15) is 12.9 Å². The van der Waals surface area contributed by atoms with Crippen LogP contribution in [-0.4, -0.2) is 37.8 Å². The van der Waals surface area contributed by atoms with Gasteiger partial charge in [0.15, 0.2) is 11.5 Å². The van der Waals surface area contributed by atoms with Crippen molar-refractivity contribution in [2.24, 2.45) is 11.8 Å². The van der Waals surface area contributed by atoms with E-state index in [9.17, 15) is 4.79 Å². The molecule has 4 heterocycles. The maximum absolute atomic E-state index is 12.4. The van der Waals surface area contributed by atoms with Gasteiger partial charge < -0.3 is 9.84 Å². The number of rotatable bonds is 3. The average molecular weight is 347 g/mol. The van der Waals surface area contributed by atoms with Crippen molar-refractivity contribution in [1.29, 1.82) is 0 Å². The summed E-state index contributed by atoms with van der Waals surface area (Å²) in [5, 5.41) is 7.92. The maximum Gasteiger partial charge on any atom is 0.263 e. The first kappa shape index (κ1) is 15.2. The molecule has 8 nitrogen and oxygen atoms in total. The van der Waals surface area contributed by atoms with Crippen LogP contribution >= 0.6 is 12.4 Å². The third kappa shape index (κ3) is 2.30. The number of halogens is 1. The van der Waals surface area contributed by atoms with Crippen LogP contribution < -0.4 is 10.9 Å². The predicted molar refractivity (Wildman–Crippen MR) is 87.0 cm³/mol. The highest BCUT2D eigenvalue weighted by Gasteiger charge is 2.55. The second-order valence-electron chi connectivity index (χ2n) is 6.11. The van der Waals surface area contributed by atoms with Crippen LogP contribution in [0.2, 0.25) is 0 Å². The molecule has 0 aromatic carbocycles. The van der Waals surface area contributed by atoms with Crippen LogP contribution in [0, 0.1) is 11.8 Å². The molecule has 2 aliphatic rings. The summed E-state index contributed by atoms with van der Waals surface area (Å²) in [5.41, 5.74) is 0.286. The Bertz CT molecular complexity index is 944. The molecule has 3 atom stereocenters. The lowest BCUT2D eigenvalue weighted by atomic mass is 10.3. The maximum atomic E-state index is 12.4. The zero-order chi connectivity index (χ0) is 15.4. The Morgan fingerprint density at radius 3 is 2.96 bits per heavy atom. The summed E-state index contributed by atoms with van der Waals surface area (Å²) < 4.78 is 6.79. The van der Waals surface area contributed by atoms with Gasteiger partial charge in [0, 0.05) is 12.1 Å². The van der Waals surface area contributed by atoms with E-state index in [2.05, 4.69) is 25.4 Å².